The Labute approximate surface area is 103 Å². The predicted molar refractivity (Wildman–Crippen MR) is 64.3 cm³/mol. The number of nitrogens with zero attached hydrogens (tertiary/aromatic N) is 1. The molecule has 100 valence electrons. The number of Topliss-reactive ketones (excluding diaryl/α,β-unsaturated/α-hetero) is 1. The highest BCUT2D eigenvalue weighted by molar-refractivity contribution is 5.77. The topological polar surface area (TPSA) is 55.8 Å². The van der Waals surface area contributed by atoms with Crippen molar-refractivity contribution in [1.82, 2.24) is 5.06 Å². The number of ketones is 1. The number of ether oxygens (including phenoxy) is 1. The highest BCUT2D eigenvalue weighted by Gasteiger charge is 2.24. The molecular formula is C12H23NO4. The summed E-state index contributed by atoms with van der Waals surface area (Å²) in [5.74, 6) is -0.389. The van der Waals surface area contributed by atoms with Gasteiger partial charge in [-0.2, -0.15) is 5.06 Å². The van der Waals surface area contributed by atoms with Gasteiger partial charge in [0.1, 0.15) is 5.78 Å². The molecule has 0 aromatic rings. The number of methoxy groups -OCH3 is 1. The molecule has 1 atom stereocenters. The molecule has 0 aliphatic heterocycles. The van der Waals surface area contributed by atoms with Crippen LogP contribution in [0.15, 0.2) is 0 Å². The Morgan fingerprint density at radius 1 is 1.24 bits per heavy atom. The number of carbonyl (C=O) groups excluding carboxylic acids is 2. The van der Waals surface area contributed by atoms with E-state index in [-0.39, 0.29) is 30.1 Å². The predicted octanol–water partition coefficient (Wildman–Crippen LogP) is 1.56. The fourth-order valence-electron chi connectivity index (χ4n) is 1.12. The lowest BCUT2D eigenvalue weighted by molar-refractivity contribution is -0.228. The maximum Gasteiger partial charge on any atom is 0.308 e. The van der Waals surface area contributed by atoms with E-state index in [0.29, 0.717) is 0 Å². The lowest BCUT2D eigenvalue weighted by Gasteiger charge is -2.33. The highest BCUT2D eigenvalue weighted by atomic mass is 16.7. The fourth-order valence-corrected chi connectivity index (χ4v) is 1.12. The molecule has 0 amide bonds. The van der Waals surface area contributed by atoms with Crippen molar-refractivity contribution in [3.8, 4) is 0 Å². The van der Waals surface area contributed by atoms with Crippen molar-refractivity contribution in [2.75, 3.05) is 14.2 Å². The molecule has 0 aromatic heterocycles. The van der Waals surface area contributed by atoms with E-state index in [1.54, 1.807) is 12.1 Å². The van der Waals surface area contributed by atoms with E-state index >= 15 is 0 Å². The number of carbonyl (C=O) groups is 2. The monoisotopic (exact) mass is 245 g/mol. The Bertz CT molecular complexity index is 270. The molecule has 0 saturated carbocycles. The van der Waals surface area contributed by atoms with Crippen molar-refractivity contribution in [1.29, 1.82) is 0 Å². The second kappa shape index (κ2) is 6.71. The van der Waals surface area contributed by atoms with Gasteiger partial charge in [0, 0.05) is 19.0 Å². The van der Waals surface area contributed by atoms with Gasteiger partial charge >= 0.3 is 5.97 Å². The molecule has 17 heavy (non-hydrogen) atoms. The number of hydrogen-bond donors (Lipinski definition) is 0. The van der Waals surface area contributed by atoms with Crippen molar-refractivity contribution in [2.45, 2.75) is 52.2 Å². The van der Waals surface area contributed by atoms with E-state index in [2.05, 4.69) is 4.74 Å². The average Bonchev–Trinajstić information content (AvgIpc) is 2.14. The summed E-state index contributed by atoms with van der Waals surface area (Å²) in [5.41, 5.74) is -0.189. The quantitative estimate of drug-likeness (QED) is 0.525. The molecule has 0 saturated heterocycles. The van der Waals surface area contributed by atoms with Gasteiger partial charge in [0.15, 0.2) is 0 Å². The minimum Gasteiger partial charge on any atom is -0.469 e. The molecule has 0 spiro atoms. The largest absolute Gasteiger partial charge is 0.469 e. The van der Waals surface area contributed by atoms with Crippen LogP contribution in [0.2, 0.25) is 0 Å². The smallest absolute Gasteiger partial charge is 0.308 e. The molecule has 0 heterocycles. The normalized spacial score (nSPS) is 13.6. The van der Waals surface area contributed by atoms with E-state index in [1.165, 1.54) is 14.0 Å². The zero-order valence-electron chi connectivity index (χ0n) is 11.6. The first-order valence-corrected chi connectivity index (χ1v) is 5.63. The molecule has 0 aromatic carbocycles. The van der Waals surface area contributed by atoms with Crippen LogP contribution in [-0.2, 0) is 19.2 Å². The van der Waals surface area contributed by atoms with E-state index in [4.69, 9.17) is 4.84 Å². The van der Waals surface area contributed by atoms with E-state index in [0.717, 1.165) is 0 Å². The van der Waals surface area contributed by atoms with Crippen LogP contribution in [0.3, 0.4) is 0 Å². The third-order valence-electron chi connectivity index (χ3n) is 2.39. The van der Waals surface area contributed by atoms with Crippen molar-refractivity contribution < 1.29 is 19.2 Å². The van der Waals surface area contributed by atoms with Crippen LogP contribution in [0.4, 0.5) is 0 Å². The summed E-state index contributed by atoms with van der Waals surface area (Å²) in [7, 11) is 3.10. The Hall–Kier alpha value is -0.940. The summed E-state index contributed by atoms with van der Waals surface area (Å²) in [5, 5.41) is 1.66. The first-order chi connectivity index (χ1) is 7.66. The van der Waals surface area contributed by atoms with Crippen LogP contribution in [0.1, 0.15) is 40.5 Å². The minimum atomic E-state index is -0.468. The van der Waals surface area contributed by atoms with Gasteiger partial charge in [0.25, 0.3) is 0 Å². The van der Waals surface area contributed by atoms with Gasteiger partial charge in [-0.05, 0) is 27.7 Å². The number of rotatable bonds is 6. The van der Waals surface area contributed by atoms with E-state index in [1.807, 2.05) is 20.8 Å². The molecule has 0 fully saturated rings. The molecule has 0 radical (unpaired) electrons. The van der Waals surface area contributed by atoms with Gasteiger partial charge in [-0.15, -0.1) is 0 Å². The van der Waals surface area contributed by atoms with Crippen molar-refractivity contribution in [3.63, 3.8) is 0 Å². The van der Waals surface area contributed by atoms with E-state index < -0.39 is 6.10 Å². The number of hydrogen-bond acceptors (Lipinski definition) is 5. The van der Waals surface area contributed by atoms with Gasteiger partial charge in [-0.1, -0.05) is 0 Å². The zero-order chi connectivity index (χ0) is 13.6. The Balaban J connectivity index is 4.48. The lowest BCUT2D eigenvalue weighted by atomic mass is 10.1. The van der Waals surface area contributed by atoms with Gasteiger partial charge in [0.2, 0.25) is 0 Å². The number of esters is 1. The van der Waals surface area contributed by atoms with E-state index in [9.17, 15) is 9.59 Å². The third kappa shape index (κ3) is 7.07. The van der Waals surface area contributed by atoms with Crippen LogP contribution >= 0.6 is 0 Å². The highest BCUT2D eigenvalue weighted by Crippen LogP contribution is 2.16. The summed E-state index contributed by atoms with van der Waals surface area (Å²) >= 11 is 0. The van der Waals surface area contributed by atoms with Crippen molar-refractivity contribution in [2.24, 2.45) is 0 Å². The second-order valence-electron chi connectivity index (χ2n) is 5.08. The SMILES string of the molecule is COC(=O)C[C@@H](CC(C)=O)ON(C)C(C)(C)C. The van der Waals surface area contributed by atoms with Crippen LogP contribution < -0.4 is 0 Å². The summed E-state index contributed by atoms with van der Waals surface area (Å²) in [6, 6.07) is 0. The Morgan fingerprint density at radius 2 is 1.76 bits per heavy atom. The van der Waals surface area contributed by atoms with Crippen molar-refractivity contribution in [3.05, 3.63) is 0 Å². The van der Waals surface area contributed by atoms with Gasteiger partial charge < -0.3 is 4.74 Å². The summed E-state index contributed by atoms with van der Waals surface area (Å²) < 4.78 is 4.58. The van der Waals surface area contributed by atoms with Gasteiger partial charge in [0.05, 0.1) is 19.6 Å². The maximum absolute atomic E-state index is 11.2. The third-order valence-corrected chi connectivity index (χ3v) is 2.39. The molecule has 0 aliphatic carbocycles. The van der Waals surface area contributed by atoms with Gasteiger partial charge in [-0.3, -0.25) is 14.4 Å². The maximum atomic E-state index is 11.2. The Kier molecular flexibility index (Phi) is 6.34. The van der Waals surface area contributed by atoms with Crippen LogP contribution in [0, 0.1) is 0 Å². The molecule has 5 nitrogen and oxygen atoms in total. The Morgan fingerprint density at radius 3 is 2.12 bits per heavy atom. The molecule has 0 bridgehead atoms. The van der Waals surface area contributed by atoms with Gasteiger partial charge in [-0.25, -0.2) is 0 Å². The van der Waals surface area contributed by atoms with Crippen LogP contribution in [-0.4, -0.2) is 42.6 Å². The molecule has 0 aliphatic rings. The molecular weight excluding hydrogens is 222 g/mol. The lowest BCUT2D eigenvalue weighted by Crippen LogP contribution is -2.41. The zero-order valence-corrected chi connectivity index (χ0v) is 11.6. The average molecular weight is 245 g/mol. The molecule has 0 rings (SSSR count). The standard InChI is InChI=1S/C12H23NO4/c1-9(14)7-10(8-11(15)16-6)17-13(5)12(2,3)4/h10H,7-8H2,1-6H3/t10-/m1/s1. The molecule has 5 heteroatoms. The van der Waals surface area contributed by atoms with Crippen LogP contribution in [0.5, 0.6) is 0 Å². The summed E-state index contributed by atoms with van der Waals surface area (Å²) in [6.07, 6.45) is -0.185. The summed E-state index contributed by atoms with van der Waals surface area (Å²) in [6.45, 7) is 7.42. The summed E-state index contributed by atoms with van der Waals surface area (Å²) in [4.78, 5) is 27.9. The molecule has 0 unspecified atom stereocenters. The van der Waals surface area contributed by atoms with Crippen molar-refractivity contribution >= 4 is 11.8 Å². The second-order valence-corrected chi connectivity index (χ2v) is 5.08. The molecule has 0 N–H and O–H groups in total. The first-order valence-electron chi connectivity index (χ1n) is 5.63. The number of hydroxylamine groups is 2. The van der Waals surface area contributed by atoms with Crippen LogP contribution in [0.25, 0.3) is 0 Å². The minimum absolute atomic E-state index is 0.0128. The fraction of sp³-hybridized carbons (Fsp3) is 0.833. The first kappa shape index (κ1) is 16.1.